The van der Waals surface area contributed by atoms with Crippen molar-refractivity contribution >= 4 is 11.6 Å². The van der Waals surface area contributed by atoms with E-state index in [0.29, 0.717) is 26.4 Å². The Labute approximate surface area is 153 Å². The lowest BCUT2D eigenvalue weighted by molar-refractivity contribution is -0.256. The van der Waals surface area contributed by atoms with E-state index in [1.165, 1.54) is 0 Å². The van der Waals surface area contributed by atoms with Crippen LogP contribution in [0.15, 0.2) is 48.5 Å². The van der Waals surface area contributed by atoms with Gasteiger partial charge in [0.15, 0.2) is 0 Å². The summed E-state index contributed by atoms with van der Waals surface area (Å²) in [5.74, 6) is -0.581. The third kappa shape index (κ3) is 2.87. The van der Waals surface area contributed by atoms with Crippen LogP contribution in [-0.2, 0) is 26.6 Å². The normalized spacial score (nSPS) is 18.2. The van der Waals surface area contributed by atoms with E-state index in [0.717, 1.165) is 35.4 Å². The molecule has 5 heteroatoms. The molecule has 26 heavy (non-hydrogen) atoms. The van der Waals surface area contributed by atoms with Crippen molar-refractivity contribution in [1.29, 1.82) is 0 Å². The first-order valence-electron chi connectivity index (χ1n) is 9.16. The minimum Gasteiger partial charge on any atom is -0.494 e. The number of benzene rings is 2. The van der Waals surface area contributed by atoms with Gasteiger partial charge in [0.05, 0.1) is 32.1 Å². The predicted octanol–water partition coefficient (Wildman–Crippen LogP) is 3.61. The zero-order chi connectivity index (χ0) is 18.0. The standard InChI is InChI=1S/C21H23NO4/c1-2-12-24-17-10-8-16(9-11-17)15-22-19-7-4-3-6-18(19)21(20(22)23)25-13-5-14-26-21/h3-4,6-11H,2,5,12-15H2,1H3. The van der Waals surface area contributed by atoms with E-state index < -0.39 is 5.79 Å². The van der Waals surface area contributed by atoms with E-state index in [4.69, 9.17) is 14.2 Å². The molecule has 0 N–H and O–H groups in total. The highest BCUT2D eigenvalue weighted by Crippen LogP contribution is 2.45. The maximum Gasteiger partial charge on any atom is 0.292 e. The smallest absolute Gasteiger partial charge is 0.292 e. The molecule has 2 aromatic rings. The van der Waals surface area contributed by atoms with Crippen LogP contribution in [-0.4, -0.2) is 25.7 Å². The van der Waals surface area contributed by atoms with Crippen LogP contribution in [0.25, 0.3) is 0 Å². The molecule has 1 amide bonds. The van der Waals surface area contributed by atoms with Crippen LogP contribution < -0.4 is 9.64 Å². The average molecular weight is 353 g/mol. The SMILES string of the molecule is CCCOc1ccc(CN2C(=O)C3(OCCCO3)c3ccccc32)cc1. The van der Waals surface area contributed by atoms with E-state index in [1.807, 2.05) is 48.5 Å². The van der Waals surface area contributed by atoms with Crippen LogP contribution in [0.1, 0.15) is 30.9 Å². The summed E-state index contributed by atoms with van der Waals surface area (Å²) in [5, 5.41) is 0. The van der Waals surface area contributed by atoms with Gasteiger partial charge in [-0.1, -0.05) is 37.3 Å². The van der Waals surface area contributed by atoms with Gasteiger partial charge in [0.25, 0.3) is 11.7 Å². The van der Waals surface area contributed by atoms with Crippen molar-refractivity contribution in [2.75, 3.05) is 24.7 Å². The zero-order valence-corrected chi connectivity index (χ0v) is 14.9. The first kappa shape index (κ1) is 17.1. The zero-order valence-electron chi connectivity index (χ0n) is 14.9. The summed E-state index contributed by atoms with van der Waals surface area (Å²) in [6.07, 6.45) is 1.78. The van der Waals surface area contributed by atoms with Crippen molar-refractivity contribution in [2.45, 2.75) is 32.1 Å². The van der Waals surface area contributed by atoms with Crippen LogP contribution in [0, 0.1) is 0 Å². The number of carbonyl (C=O) groups excluding carboxylic acids is 1. The first-order chi connectivity index (χ1) is 12.7. The van der Waals surface area contributed by atoms with Gasteiger partial charge in [-0.25, -0.2) is 0 Å². The molecule has 5 nitrogen and oxygen atoms in total. The fraction of sp³-hybridized carbons (Fsp3) is 0.381. The highest BCUT2D eigenvalue weighted by atomic mass is 16.7. The largest absolute Gasteiger partial charge is 0.494 e. The number of fused-ring (bicyclic) bond motifs is 2. The third-order valence-electron chi connectivity index (χ3n) is 4.71. The topological polar surface area (TPSA) is 48.0 Å². The number of hydrogen-bond acceptors (Lipinski definition) is 4. The van der Waals surface area contributed by atoms with Gasteiger partial charge >= 0.3 is 0 Å². The van der Waals surface area contributed by atoms with E-state index >= 15 is 0 Å². The number of anilines is 1. The number of hydrogen-bond donors (Lipinski definition) is 0. The second-order valence-electron chi connectivity index (χ2n) is 6.57. The summed E-state index contributed by atoms with van der Waals surface area (Å²) in [6, 6.07) is 15.6. The van der Waals surface area contributed by atoms with Gasteiger partial charge in [-0.2, -0.15) is 0 Å². The van der Waals surface area contributed by atoms with Crippen LogP contribution in [0.5, 0.6) is 5.75 Å². The molecule has 0 bridgehead atoms. The van der Waals surface area contributed by atoms with Crippen LogP contribution >= 0.6 is 0 Å². The molecule has 0 saturated carbocycles. The van der Waals surface area contributed by atoms with Gasteiger partial charge in [0, 0.05) is 5.56 Å². The van der Waals surface area contributed by atoms with E-state index in [-0.39, 0.29) is 5.91 Å². The molecule has 4 rings (SSSR count). The molecule has 0 aromatic heterocycles. The number of para-hydroxylation sites is 1. The van der Waals surface area contributed by atoms with Gasteiger partial charge in [-0.3, -0.25) is 4.79 Å². The molecule has 0 unspecified atom stereocenters. The Kier molecular flexibility index (Phi) is 4.66. The van der Waals surface area contributed by atoms with Crippen molar-refractivity contribution in [1.82, 2.24) is 0 Å². The Morgan fingerprint density at radius 1 is 1.08 bits per heavy atom. The van der Waals surface area contributed by atoms with E-state index in [2.05, 4.69) is 6.92 Å². The number of nitrogens with zero attached hydrogens (tertiary/aromatic N) is 1. The van der Waals surface area contributed by atoms with Crippen LogP contribution in [0.2, 0.25) is 0 Å². The summed E-state index contributed by atoms with van der Waals surface area (Å²) in [6.45, 7) is 4.30. The summed E-state index contributed by atoms with van der Waals surface area (Å²) >= 11 is 0. The van der Waals surface area contributed by atoms with Crippen LogP contribution in [0.4, 0.5) is 5.69 Å². The molecule has 2 aromatic carbocycles. The fourth-order valence-corrected chi connectivity index (χ4v) is 3.45. The lowest BCUT2D eigenvalue weighted by Gasteiger charge is -2.32. The van der Waals surface area contributed by atoms with Crippen molar-refractivity contribution < 1.29 is 19.0 Å². The highest BCUT2D eigenvalue weighted by Gasteiger charge is 2.54. The molecule has 0 aliphatic carbocycles. The summed E-state index contributed by atoms with van der Waals surface area (Å²) < 4.78 is 17.4. The Balaban J connectivity index is 1.60. The maximum absolute atomic E-state index is 13.2. The first-order valence-corrected chi connectivity index (χ1v) is 9.16. The van der Waals surface area contributed by atoms with Crippen LogP contribution in [0.3, 0.4) is 0 Å². The van der Waals surface area contributed by atoms with Gasteiger partial charge < -0.3 is 19.1 Å². The monoisotopic (exact) mass is 353 g/mol. The Bertz CT molecular complexity index is 781. The average Bonchev–Trinajstić information content (AvgIpc) is 2.91. The van der Waals surface area contributed by atoms with Crippen molar-refractivity contribution in [3.05, 3.63) is 59.7 Å². The van der Waals surface area contributed by atoms with E-state index in [1.54, 1.807) is 4.90 Å². The summed E-state index contributed by atoms with van der Waals surface area (Å²) in [4.78, 5) is 15.0. The molecular weight excluding hydrogens is 330 g/mol. The second-order valence-corrected chi connectivity index (χ2v) is 6.57. The van der Waals surface area contributed by atoms with Gasteiger partial charge in [0.1, 0.15) is 5.75 Å². The number of carbonyl (C=O) groups is 1. The Hall–Kier alpha value is -2.37. The number of rotatable bonds is 5. The molecular formula is C21H23NO4. The Morgan fingerprint density at radius 2 is 1.81 bits per heavy atom. The molecule has 1 fully saturated rings. The molecule has 136 valence electrons. The van der Waals surface area contributed by atoms with E-state index in [9.17, 15) is 4.79 Å². The third-order valence-corrected chi connectivity index (χ3v) is 4.71. The molecule has 1 saturated heterocycles. The highest BCUT2D eigenvalue weighted by molar-refractivity contribution is 6.06. The minimum absolute atomic E-state index is 0.148. The lowest BCUT2D eigenvalue weighted by atomic mass is 10.1. The van der Waals surface area contributed by atoms with Gasteiger partial charge in [-0.15, -0.1) is 0 Å². The van der Waals surface area contributed by atoms with Crippen molar-refractivity contribution in [2.24, 2.45) is 0 Å². The van der Waals surface area contributed by atoms with Gasteiger partial charge in [0.2, 0.25) is 0 Å². The molecule has 0 radical (unpaired) electrons. The molecule has 2 heterocycles. The predicted molar refractivity (Wildman–Crippen MR) is 98.1 cm³/mol. The minimum atomic E-state index is -1.28. The molecule has 2 aliphatic heterocycles. The molecule has 1 spiro atoms. The molecule has 2 aliphatic rings. The summed E-state index contributed by atoms with van der Waals surface area (Å²) in [7, 11) is 0. The maximum atomic E-state index is 13.2. The fourth-order valence-electron chi connectivity index (χ4n) is 3.45. The lowest BCUT2D eigenvalue weighted by Crippen LogP contribution is -2.47. The summed E-state index contributed by atoms with van der Waals surface area (Å²) in [5.41, 5.74) is 2.68. The van der Waals surface area contributed by atoms with Gasteiger partial charge in [-0.05, 0) is 36.6 Å². The quantitative estimate of drug-likeness (QED) is 0.824. The van der Waals surface area contributed by atoms with Crippen molar-refractivity contribution in [3.8, 4) is 5.75 Å². The Morgan fingerprint density at radius 3 is 2.54 bits per heavy atom. The number of ether oxygens (including phenoxy) is 3. The second kappa shape index (κ2) is 7.09. The number of amides is 1. The molecule has 0 atom stereocenters. The van der Waals surface area contributed by atoms with Crippen molar-refractivity contribution in [3.63, 3.8) is 0 Å².